The van der Waals surface area contributed by atoms with Crippen molar-refractivity contribution in [3.05, 3.63) is 65.7 Å². The highest BCUT2D eigenvalue weighted by molar-refractivity contribution is 6.22. The van der Waals surface area contributed by atoms with Gasteiger partial charge in [0.25, 0.3) is 5.91 Å². The number of amides is 3. The lowest BCUT2D eigenvalue weighted by Gasteiger charge is -2.18. The lowest BCUT2D eigenvalue weighted by Crippen LogP contribution is -2.30. The van der Waals surface area contributed by atoms with Crippen LogP contribution in [-0.2, 0) is 9.59 Å². The summed E-state index contributed by atoms with van der Waals surface area (Å²) in [5.41, 5.74) is 2.71. The Morgan fingerprint density at radius 3 is 2.52 bits per heavy atom. The first-order chi connectivity index (χ1) is 14.0. The van der Waals surface area contributed by atoms with E-state index in [9.17, 15) is 14.4 Å². The highest BCUT2D eigenvalue weighted by Crippen LogP contribution is 2.39. The van der Waals surface area contributed by atoms with Crippen LogP contribution in [0, 0.1) is 11.8 Å². The van der Waals surface area contributed by atoms with Gasteiger partial charge in [-0.1, -0.05) is 17.7 Å². The van der Waals surface area contributed by atoms with Crippen LogP contribution in [0.4, 0.5) is 11.4 Å². The number of hydrogen-bond acceptors (Lipinski definition) is 4. The number of fused-ring (bicyclic) bond motifs is 1. The van der Waals surface area contributed by atoms with E-state index in [2.05, 4.69) is 5.32 Å². The van der Waals surface area contributed by atoms with Crippen molar-refractivity contribution in [2.24, 2.45) is 11.8 Å². The Kier molecular flexibility index (Phi) is 4.92. The van der Waals surface area contributed by atoms with Crippen molar-refractivity contribution in [1.82, 2.24) is 0 Å². The molecule has 1 heterocycles. The van der Waals surface area contributed by atoms with Gasteiger partial charge in [-0.05, 0) is 56.2 Å². The van der Waals surface area contributed by atoms with E-state index in [0.29, 0.717) is 35.5 Å². The van der Waals surface area contributed by atoms with Crippen LogP contribution in [0.15, 0.2) is 60.2 Å². The summed E-state index contributed by atoms with van der Waals surface area (Å²) in [6, 6.07) is 13.6. The van der Waals surface area contributed by atoms with Crippen molar-refractivity contribution in [2.45, 2.75) is 19.8 Å². The van der Waals surface area contributed by atoms with E-state index in [1.165, 1.54) is 4.90 Å². The molecule has 1 N–H and O–H groups in total. The summed E-state index contributed by atoms with van der Waals surface area (Å²) in [5, 5.41) is 2.81. The van der Waals surface area contributed by atoms with Gasteiger partial charge in [-0.2, -0.15) is 0 Å². The second kappa shape index (κ2) is 7.54. The van der Waals surface area contributed by atoms with Crippen LogP contribution >= 0.6 is 0 Å². The molecule has 6 heteroatoms. The van der Waals surface area contributed by atoms with E-state index in [1.807, 2.05) is 13.0 Å². The zero-order valence-electron chi connectivity index (χ0n) is 16.3. The van der Waals surface area contributed by atoms with E-state index < -0.39 is 0 Å². The molecule has 0 bridgehead atoms. The zero-order valence-corrected chi connectivity index (χ0v) is 16.3. The molecule has 6 nitrogen and oxygen atoms in total. The Labute approximate surface area is 169 Å². The number of nitrogens with one attached hydrogen (secondary N) is 1. The predicted molar refractivity (Wildman–Crippen MR) is 110 cm³/mol. The lowest BCUT2D eigenvalue weighted by atomic mass is 9.82. The van der Waals surface area contributed by atoms with E-state index in [4.69, 9.17) is 4.74 Å². The van der Waals surface area contributed by atoms with Gasteiger partial charge in [0, 0.05) is 17.3 Å². The standard InChI is InChI=1S/C23H22N2O4/c1-14-6-11-19-20(12-14)23(28)25(22(19)27)17-9-7-15(8-10-17)21(26)24-16-4-3-5-18(13-16)29-2/h3-10,13,19-20H,11-12H2,1-2H3,(H,24,26)/t19-,20+/m0/s1. The molecule has 2 aromatic carbocycles. The number of allylic oxidation sites excluding steroid dienone is 2. The molecule has 1 aliphatic carbocycles. The second-order valence-electron chi connectivity index (χ2n) is 7.45. The van der Waals surface area contributed by atoms with Crippen LogP contribution in [0.1, 0.15) is 30.1 Å². The Balaban J connectivity index is 1.50. The van der Waals surface area contributed by atoms with Gasteiger partial charge in [-0.3, -0.25) is 19.3 Å². The van der Waals surface area contributed by atoms with Crippen molar-refractivity contribution in [2.75, 3.05) is 17.3 Å². The number of hydrogen-bond donors (Lipinski definition) is 1. The number of ether oxygens (including phenoxy) is 1. The highest BCUT2D eigenvalue weighted by Gasteiger charge is 2.48. The minimum atomic E-state index is -0.280. The largest absolute Gasteiger partial charge is 0.497 e. The number of imide groups is 1. The predicted octanol–water partition coefficient (Wildman–Crippen LogP) is 3.79. The van der Waals surface area contributed by atoms with Crippen LogP contribution in [0.5, 0.6) is 5.75 Å². The Bertz CT molecular complexity index is 1010. The SMILES string of the molecule is COc1cccc(NC(=O)c2ccc(N3C(=O)[C@H]4CC=C(C)C[C@H]4C3=O)cc2)c1. The van der Waals surface area contributed by atoms with Crippen molar-refractivity contribution >= 4 is 29.1 Å². The molecule has 29 heavy (non-hydrogen) atoms. The van der Waals surface area contributed by atoms with Gasteiger partial charge in [0.2, 0.25) is 11.8 Å². The maximum atomic E-state index is 12.8. The molecule has 0 radical (unpaired) electrons. The first-order valence-corrected chi connectivity index (χ1v) is 9.57. The molecule has 148 valence electrons. The van der Waals surface area contributed by atoms with Gasteiger partial charge in [0.1, 0.15) is 5.75 Å². The maximum Gasteiger partial charge on any atom is 0.255 e. The topological polar surface area (TPSA) is 75.7 Å². The van der Waals surface area contributed by atoms with Crippen molar-refractivity contribution < 1.29 is 19.1 Å². The van der Waals surface area contributed by atoms with Crippen LogP contribution < -0.4 is 15.0 Å². The molecule has 4 rings (SSSR count). The van der Waals surface area contributed by atoms with Crippen molar-refractivity contribution in [1.29, 1.82) is 0 Å². The maximum absolute atomic E-state index is 12.8. The van der Waals surface area contributed by atoms with E-state index in [0.717, 1.165) is 5.57 Å². The van der Waals surface area contributed by atoms with Crippen molar-refractivity contribution in [3.8, 4) is 5.75 Å². The van der Waals surface area contributed by atoms with Gasteiger partial charge in [0.15, 0.2) is 0 Å². The average molecular weight is 390 g/mol. The highest BCUT2D eigenvalue weighted by atomic mass is 16.5. The number of methoxy groups -OCH3 is 1. The third kappa shape index (κ3) is 3.53. The molecule has 0 saturated carbocycles. The Morgan fingerprint density at radius 1 is 1.07 bits per heavy atom. The molecule has 1 saturated heterocycles. The fourth-order valence-electron chi connectivity index (χ4n) is 3.96. The molecule has 2 aromatic rings. The number of rotatable bonds is 4. The quantitative estimate of drug-likeness (QED) is 0.637. The van der Waals surface area contributed by atoms with Crippen LogP contribution in [0.3, 0.4) is 0 Å². The normalized spacial score (nSPS) is 20.9. The molecule has 2 atom stereocenters. The van der Waals surface area contributed by atoms with Gasteiger partial charge in [0.05, 0.1) is 24.6 Å². The summed E-state index contributed by atoms with van der Waals surface area (Å²) >= 11 is 0. The summed E-state index contributed by atoms with van der Waals surface area (Å²) in [6.07, 6.45) is 3.28. The molecule has 2 aliphatic rings. The molecule has 3 amide bonds. The Morgan fingerprint density at radius 2 is 1.79 bits per heavy atom. The summed E-state index contributed by atoms with van der Waals surface area (Å²) in [6.45, 7) is 1.99. The fourth-order valence-corrected chi connectivity index (χ4v) is 3.96. The number of anilines is 2. The first kappa shape index (κ1) is 18.9. The molecule has 0 unspecified atom stereocenters. The summed E-state index contributed by atoms with van der Waals surface area (Å²) in [5.74, 6) is -0.489. The number of nitrogens with zero attached hydrogens (tertiary/aromatic N) is 1. The summed E-state index contributed by atoms with van der Waals surface area (Å²) in [7, 11) is 1.56. The first-order valence-electron chi connectivity index (χ1n) is 9.57. The number of carbonyl (C=O) groups is 3. The van der Waals surface area contributed by atoms with E-state index in [1.54, 1.807) is 55.6 Å². The molecular formula is C23H22N2O4. The van der Waals surface area contributed by atoms with Gasteiger partial charge in [-0.15, -0.1) is 0 Å². The third-order valence-electron chi connectivity index (χ3n) is 5.54. The minimum absolute atomic E-state index is 0.152. The smallest absolute Gasteiger partial charge is 0.255 e. The molecule has 0 spiro atoms. The summed E-state index contributed by atoms with van der Waals surface area (Å²) in [4.78, 5) is 39.3. The van der Waals surface area contributed by atoms with E-state index >= 15 is 0 Å². The molecular weight excluding hydrogens is 368 g/mol. The van der Waals surface area contributed by atoms with Gasteiger partial charge >= 0.3 is 0 Å². The van der Waals surface area contributed by atoms with Crippen LogP contribution in [-0.4, -0.2) is 24.8 Å². The lowest BCUT2D eigenvalue weighted by molar-refractivity contribution is -0.122. The monoisotopic (exact) mass is 390 g/mol. The van der Waals surface area contributed by atoms with Gasteiger partial charge < -0.3 is 10.1 Å². The van der Waals surface area contributed by atoms with Crippen LogP contribution in [0.25, 0.3) is 0 Å². The zero-order chi connectivity index (χ0) is 20.5. The number of benzene rings is 2. The second-order valence-corrected chi connectivity index (χ2v) is 7.45. The van der Waals surface area contributed by atoms with Gasteiger partial charge in [-0.25, -0.2) is 0 Å². The van der Waals surface area contributed by atoms with E-state index in [-0.39, 0.29) is 29.6 Å². The minimum Gasteiger partial charge on any atom is -0.497 e. The number of carbonyl (C=O) groups excluding carboxylic acids is 3. The molecule has 1 aliphatic heterocycles. The fraction of sp³-hybridized carbons (Fsp3) is 0.261. The third-order valence-corrected chi connectivity index (χ3v) is 5.54. The van der Waals surface area contributed by atoms with Crippen LogP contribution in [0.2, 0.25) is 0 Å². The summed E-state index contributed by atoms with van der Waals surface area (Å²) < 4.78 is 5.16. The average Bonchev–Trinajstić information content (AvgIpc) is 2.98. The Hall–Kier alpha value is -3.41. The molecule has 0 aromatic heterocycles. The molecule has 1 fully saturated rings. The van der Waals surface area contributed by atoms with Crippen molar-refractivity contribution in [3.63, 3.8) is 0 Å².